The third-order valence-corrected chi connectivity index (χ3v) is 5.63. The van der Waals surface area contributed by atoms with Crippen molar-refractivity contribution >= 4 is 23.5 Å². The van der Waals surface area contributed by atoms with E-state index in [4.69, 9.17) is 6.42 Å². The number of rotatable bonds is 11. The van der Waals surface area contributed by atoms with Crippen LogP contribution in [0.1, 0.15) is 54.9 Å². The van der Waals surface area contributed by atoms with Crippen molar-refractivity contribution in [3.8, 4) is 12.3 Å². The highest BCUT2D eigenvalue weighted by Gasteiger charge is 2.16. The summed E-state index contributed by atoms with van der Waals surface area (Å²) in [5.41, 5.74) is 5.03. The smallest absolute Gasteiger partial charge is 0.274 e. The first kappa shape index (κ1) is 23.8. The Morgan fingerprint density at radius 3 is 2.15 bits per heavy atom. The summed E-state index contributed by atoms with van der Waals surface area (Å²) in [4.78, 5) is 13.4. The van der Waals surface area contributed by atoms with Crippen molar-refractivity contribution in [2.75, 3.05) is 11.4 Å². The lowest BCUT2D eigenvalue weighted by atomic mass is 10.1. The second kappa shape index (κ2) is 12.3. The van der Waals surface area contributed by atoms with Gasteiger partial charge in [-0.3, -0.25) is 10.1 Å². The van der Waals surface area contributed by atoms with E-state index in [-0.39, 0.29) is 10.6 Å². The summed E-state index contributed by atoms with van der Waals surface area (Å²) in [5.74, 6) is 2.63. The highest BCUT2D eigenvalue weighted by Crippen LogP contribution is 2.25. The second-order valence-corrected chi connectivity index (χ2v) is 8.06. The molecule has 4 nitrogen and oxygen atoms in total. The van der Waals surface area contributed by atoms with Crippen LogP contribution in [0.25, 0.3) is 12.2 Å². The van der Waals surface area contributed by atoms with E-state index in [9.17, 15) is 10.1 Å². The van der Waals surface area contributed by atoms with Crippen LogP contribution in [0.2, 0.25) is 0 Å². The van der Waals surface area contributed by atoms with Crippen molar-refractivity contribution in [3.05, 3.63) is 105 Å². The molecule has 4 heteroatoms. The summed E-state index contributed by atoms with van der Waals surface area (Å²) in [5, 5.41) is 11.5. The second-order valence-electron chi connectivity index (χ2n) is 8.06. The summed E-state index contributed by atoms with van der Waals surface area (Å²) >= 11 is 0. The van der Waals surface area contributed by atoms with Crippen molar-refractivity contribution in [1.82, 2.24) is 0 Å². The summed E-state index contributed by atoms with van der Waals surface area (Å²) in [6, 6.07) is 23.2. The van der Waals surface area contributed by atoms with Gasteiger partial charge in [-0.05, 0) is 41.8 Å². The topological polar surface area (TPSA) is 46.4 Å². The van der Waals surface area contributed by atoms with Crippen LogP contribution in [0.15, 0.2) is 72.8 Å². The third-order valence-electron chi connectivity index (χ3n) is 5.63. The van der Waals surface area contributed by atoms with Crippen molar-refractivity contribution in [3.63, 3.8) is 0 Å². The normalized spacial score (nSPS) is 10.8. The molecule has 0 unspecified atom stereocenters. The van der Waals surface area contributed by atoms with Crippen molar-refractivity contribution in [2.24, 2.45) is 0 Å². The number of anilines is 1. The molecule has 0 bridgehead atoms. The van der Waals surface area contributed by atoms with Crippen LogP contribution in [0, 0.1) is 22.5 Å². The Hall–Kier alpha value is -3.84. The molecule has 33 heavy (non-hydrogen) atoms. The molecule has 0 amide bonds. The van der Waals surface area contributed by atoms with E-state index in [0.717, 1.165) is 47.3 Å². The Bertz CT molecular complexity index is 1110. The van der Waals surface area contributed by atoms with Crippen molar-refractivity contribution in [2.45, 2.75) is 39.2 Å². The zero-order valence-corrected chi connectivity index (χ0v) is 19.1. The quantitative estimate of drug-likeness (QED) is 0.103. The fourth-order valence-electron chi connectivity index (χ4n) is 3.74. The first-order valence-electron chi connectivity index (χ1n) is 11.4. The fraction of sp³-hybridized carbons (Fsp3) is 0.241. The predicted molar refractivity (Wildman–Crippen MR) is 138 cm³/mol. The van der Waals surface area contributed by atoms with E-state index in [0.29, 0.717) is 6.54 Å². The SMILES string of the molecule is C#Cc1ccc(/C=C/c2ccc(N(CCCCCC)Cc3ccccc3[N+](=O)[O-])cc2)cc1. The number of nitro benzene ring substituents is 1. The lowest BCUT2D eigenvalue weighted by molar-refractivity contribution is -0.385. The van der Waals surface area contributed by atoms with E-state index >= 15 is 0 Å². The Labute approximate surface area is 196 Å². The Morgan fingerprint density at radius 2 is 1.55 bits per heavy atom. The maximum Gasteiger partial charge on any atom is 0.274 e. The van der Waals surface area contributed by atoms with Gasteiger partial charge in [0.1, 0.15) is 0 Å². The summed E-state index contributed by atoms with van der Waals surface area (Å²) in [6.07, 6.45) is 14.1. The van der Waals surface area contributed by atoms with Crippen molar-refractivity contribution < 1.29 is 4.92 Å². The Morgan fingerprint density at radius 1 is 0.909 bits per heavy atom. The maximum atomic E-state index is 11.5. The lowest BCUT2D eigenvalue weighted by Gasteiger charge is -2.25. The first-order chi connectivity index (χ1) is 16.1. The standard InChI is InChI=1S/C29H30N2O2/c1-3-5-6-9-22-30(23-27-10-7-8-11-29(27)31(32)33)28-20-18-26(19-21-28)17-16-25-14-12-24(4-2)13-15-25/h2,7-8,10-21H,3,5-6,9,22-23H2,1H3/b17-16+. The number of unbranched alkanes of at least 4 members (excludes halogenated alkanes) is 3. The molecule has 0 spiro atoms. The number of terminal acetylenes is 1. The molecule has 3 rings (SSSR count). The predicted octanol–water partition coefficient (Wildman–Crippen LogP) is 7.33. The van der Waals surface area contributed by atoms with Crippen molar-refractivity contribution in [1.29, 1.82) is 0 Å². The van der Waals surface area contributed by atoms with Crippen LogP contribution in [-0.4, -0.2) is 11.5 Å². The van der Waals surface area contributed by atoms with Gasteiger partial charge in [0.05, 0.1) is 4.92 Å². The number of nitrogens with zero attached hydrogens (tertiary/aromatic N) is 2. The molecule has 0 aliphatic rings. The van der Waals surface area contributed by atoms with Crippen LogP contribution in [0.4, 0.5) is 11.4 Å². The van der Waals surface area contributed by atoms with Gasteiger partial charge in [0.25, 0.3) is 5.69 Å². The van der Waals surface area contributed by atoms with E-state index < -0.39 is 0 Å². The largest absolute Gasteiger partial charge is 0.367 e. The third kappa shape index (κ3) is 7.08. The Balaban J connectivity index is 1.76. The number of para-hydroxylation sites is 1. The molecule has 168 valence electrons. The van der Waals surface area contributed by atoms with Crippen LogP contribution in [0.5, 0.6) is 0 Å². The van der Waals surface area contributed by atoms with Gasteiger partial charge in [-0.1, -0.05) is 86.7 Å². The van der Waals surface area contributed by atoms with Crippen LogP contribution >= 0.6 is 0 Å². The van der Waals surface area contributed by atoms with Gasteiger partial charge in [-0.25, -0.2) is 0 Å². The average molecular weight is 439 g/mol. The summed E-state index contributed by atoms with van der Waals surface area (Å²) in [6.45, 7) is 3.57. The molecule has 0 saturated heterocycles. The van der Waals surface area contributed by atoms with Crippen LogP contribution in [-0.2, 0) is 6.54 Å². The number of benzene rings is 3. The monoisotopic (exact) mass is 438 g/mol. The van der Waals surface area contributed by atoms with E-state index in [2.05, 4.69) is 54.2 Å². The molecule has 0 N–H and O–H groups in total. The molecule has 0 heterocycles. The minimum atomic E-state index is -0.297. The zero-order valence-electron chi connectivity index (χ0n) is 19.1. The lowest BCUT2D eigenvalue weighted by Crippen LogP contribution is -2.24. The molecule has 0 atom stereocenters. The summed E-state index contributed by atoms with van der Waals surface area (Å²) < 4.78 is 0. The van der Waals surface area contributed by atoms with E-state index in [1.165, 1.54) is 12.8 Å². The Kier molecular flexibility index (Phi) is 8.85. The molecule has 0 radical (unpaired) electrons. The molecular formula is C29H30N2O2. The highest BCUT2D eigenvalue weighted by atomic mass is 16.6. The molecule has 3 aromatic carbocycles. The van der Waals surface area contributed by atoms with Gasteiger partial charge >= 0.3 is 0 Å². The highest BCUT2D eigenvalue weighted by molar-refractivity contribution is 5.71. The van der Waals surface area contributed by atoms with Gasteiger partial charge < -0.3 is 4.90 Å². The fourth-order valence-corrected chi connectivity index (χ4v) is 3.74. The van der Waals surface area contributed by atoms with Crippen LogP contribution < -0.4 is 4.90 Å². The molecule has 0 aliphatic carbocycles. The minimum Gasteiger partial charge on any atom is -0.367 e. The van der Waals surface area contributed by atoms with E-state index in [1.54, 1.807) is 12.1 Å². The minimum absolute atomic E-state index is 0.173. The number of hydrogen-bond acceptors (Lipinski definition) is 3. The maximum absolute atomic E-state index is 11.5. The zero-order chi connectivity index (χ0) is 23.5. The molecule has 0 aliphatic heterocycles. The summed E-state index contributed by atoms with van der Waals surface area (Å²) in [7, 11) is 0. The average Bonchev–Trinajstić information content (AvgIpc) is 2.85. The van der Waals surface area contributed by atoms with Gasteiger partial charge in [0.2, 0.25) is 0 Å². The first-order valence-corrected chi connectivity index (χ1v) is 11.4. The molecule has 0 saturated carbocycles. The molecular weight excluding hydrogens is 408 g/mol. The van der Waals surface area contributed by atoms with Gasteiger partial charge in [0, 0.05) is 36.0 Å². The van der Waals surface area contributed by atoms with Gasteiger partial charge in [-0.2, -0.15) is 0 Å². The number of nitro groups is 1. The number of hydrogen-bond donors (Lipinski definition) is 0. The molecule has 3 aromatic rings. The molecule has 0 fully saturated rings. The van der Waals surface area contributed by atoms with E-state index in [1.807, 2.05) is 36.4 Å². The van der Waals surface area contributed by atoms with Gasteiger partial charge in [0.15, 0.2) is 0 Å². The molecule has 0 aromatic heterocycles. The van der Waals surface area contributed by atoms with Gasteiger partial charge in [-0.15, -0.1) is 6.42 Å². The van der Waals surface area contributed by atoms with Crippen LogP contribution in [0.3, 0.4) is 0 Å².